The summed E-state index contributed by atoms with van der Waals surface area (Å²) in [5.41, 5.74) is -1.24. The predicted molar refractivity (Wildman–Crippen MR) is 84.2 cm³/mol. The Morgan fingerprint density at radius 2 is 2.16 bits per heavy atom. The molecular formula is C16H22F2N4O3. The standard InChI is InChI=1S/C16H22F2N4O3/c1-20(2)5-6-21-4-3-15(14(21)24)8-16(17,18)10-22(9-15)13(23)12-7-25-11-19-12/h7,11H,3-6,8-10H2,1-2H3. The molecule has 1 atom stereocenters. The molecule has 1 spiro atoms. The molecule has 2 aliphatic rings. The molecule has 2 fully saturated rings. The van der Waals surface area contributed by atoms with Crippen molar-refractivity contribution in [3.63, 3.8) is 0 Å². The zero-order valence-electron chi connectivity index (χ0n) is 14.4. The van der Waals surface area contributed by atoms with Crippen LogP contribution in [0.4, 0.5) is 8.78 Å². The van der Waals surface area contributed by atoms with E-state index in [9.17, 15) is 18.4 Å². The van der Waals surface area contributed by atoms with Crippen molar-refractivity contribution in [3.05, 3.63) is 18.4 Å². The van der Waals surface area contributed by atoms with Gasteiger partial charge in [-0.1, -0.05) is 0 Å². The molecule has 0 radical (unpaired) electrons. The first-order chi connectivity index (χ1) is 11.7. The summed E-state index contributed by atoms with van der Waals surface area (Å²) in [6, 6.07) is 0. The van der Waals surface area contributed by atoms with Gasteiger partial charge >= 0.3 is 0 Å². The summed E-state index contributed by atoms with van der Waals surface area (Å²) in [6.07, 6.45) is 2.02. The summed E-state index contributed by atoms with van der Waals surface area (Å²) < 4.78 is 33.5. The second kappa shape index (κ2) is 6.36. The topological polar surface area (TPSA) is 69.9 Å². The van der Waals surface area contributed by atoms with Gasteiger partial charge in [-0.3, -0.25) is 9.59 Å². The highest BCUT2D eigenvalue weighted by Crippen LogP contribution is 2.45. The highest BCUT2D eigenvalue weighted by Gasteiger charge is 2.57. The molecule has 1 unspecified atom stereocenters. The van der Waals surface area contributed by atoms with E-state index in [0.29, 0.717) is 26.1 Å². The Balaban J connectivity index is 1.79. The summed E-state index contributed by atoms with van der Waals surface area (Å²) >= 11 is 0. The number of alkyl halides is 2. The van der Waals surface area contributed by atoms with E-state index in [1.54, 1.807) is 4.90 Å². The average molecular weight is 356 g/mol. The van der Waals surface area contributed by atoms with Gasteiger partial charge in [-0.05, 0) is 20.5 Å². The minimum absolute atomic E-state index is 0.00835. The number of hydrogen-bond acceptors (Lipinski definition) is 5. The highest BCUT2D eigenvalue weighted by molar-refractivity contribution is 5.93. The summed E-state index contributed by atoms with van der Waals surface area (Å²) in [4.78, 5) is 33.6. The van der Waals surface area contributed by atoms with E-state index >= 15 is 0 Å². The zero-order valence-corrected chi connectivity index (χ0v) is 14.4. The Morgan fingerprint density at radius 3 is 2.80 bits per heavy atom. The normalized spacial score (nSPS) is 26.0. The number of oxazole rings is 1. The quantitative estimate of drug-likeness (QED) is 0.803. The molecule has 138 valence electrons. The minimum Gasteiger partial charge on any atom is -0.451 e. The van der Waals surface area contributed by atoms with Gasteiger partial charge in [0.05, 0.1) is 12.0 Å². The van der Waals surface area contributed by atoms with Crippen LogP contribution in [-0.2, 0) is 4.79 Å². The lowest BCUT2D eigenvalue weighted by Gasteiger charge is -2.42. The lowest BCUT2D eigenvalue weighted by Crippen LogP contribution is -2.57. The van der Waals surface area contributed by atoms with E-state index in [1.165, 1.54) is 0 Å². The Hall–Kier alpha value is -2.03. The van der Waals surface area contributed by atoms with Gasteiger partial charge < -0.3 is 19.1 Å². The number of piperidine rings is 1. The first-order valence-electron chi connectivity index (χ1n) is 8.22. The fourth-order valence-electron chi connectivity index (χ4n) is 3.67. The van der Waals surface area contributed by atoms with E-state index in [4.69, 9.17) is 4.42 Å². The van der Waals surface area contributed by atoms with E-state index in [2.05, 4.69) is 4.98 Å². The maximum atomic E-state index is 14.4. The van der Waals surface area contributed by atoms with Crippen LogP contribution in [0.1, 0.15) is 23.3 Å². The number of halogens is 2. The monoisotopic (exact) mass is 356 g/mol. The van der Waals surface area contributed by atoms with Crippen LogP contribution in [0, 0.1) is 5.41 Å². The maximum absolute atomic E-state index is 14.4. The Bertz CT molecular complexity index is 650. The van der Waals surface area contributed by atoms with Crippen LogP contribution in [0.2, 0.25) is 0 Å². The zero-order chi connectivity index (χ0) is 18.2. The number of carbonyl (C=O) groups excluding carboxylic acids is 2. The molecular weight excluding hydrogens is 334 g/mol. The third kappa shape index (κ3) is 3.51. The fraction of sp³-hybridized carbons (Fsp3) is 0.688. The van der Waals surface area contributed by atoms with E-state index < -0.39 is 30.2 Å². The second-order valence-corrected chi connectivity index (χ2v) is 7.19. The fourth-order valence-corrected chi connectivity index (χ4v) is 3.67. The third-order valence-corrected chi connectivity index (χ3v) is 4.87. The van der Waals surface area contributed by atoms with Crippen LogP contribution in [0.3, 0.4) is 0 Å². The summed E-state index contributed by atoms with van der Waals surface area (Å²) in [7, 11) is 3.78. The molecule has 0 aromatic carbocycles. The maximum Gasteiger partial charge on any atom is 0.276 e. The van der Waals surface area contributed by atoms with Gasteiger partial charge in [-0.15, -0.1) is 0 Å². The average Bonchev–Trinajstić information content (AvgIpc) is 3.14. The van der Waals surface area contributed by atoms with Crippen molar-refractivity contribution in [3.8, 4) is 0 Å². The van der Waals surface area contributed by atoms with Gasteiger partial charge in [0, 0.05) is 32.6 Å². The van der Waals surface area contributed by atoms with Crippen LogP contribution in [0.5, 0.6) is 0 Å². The Kier molecular flexibility index (Phi) is 4.52. The number of aromatic nitrogens is 1. The second-order valence-electron chi connectivity index (χ2n) is 7.19. The van der Waals surface area contributed by atoms with Gasteiger partial charge in [-0.25, -0.2) is 13.8 Å². The number of likely N-dealkylation sites (N-methyl/N-ethyl adjacent to an activating group) is 1. The number of hydrogen-bond donors (Lipinski definition) is 0. The smallest absolute Gasteiger partial charge is 0.276 e. The van der Waals surface area contributed by atoms with Crippen molar-refractivity contribution in [1.82, 2.24) is 19.7 Å². The van der Waals surface area contributed by atoms with Crippen LogP contribution in [0.15, 0.2) is 17.1 Å². The highest BCUT2D eigenvalue weighted by atomic mass is 19.3. The predicted octanol–water partition coefficient (Wildman–Crippen LogP) is 0.936. The van der Waals surface area contributed by atoms with Crippen molar-refractivity contribution < 1.29 is 22.8 Å². The molecule has 2 aliphatic heterocycles. The van der Waals surface area contributed by atoms with Crippen molar-refractivity contribution in [1.29, 1.82) is 0 Å². The van der Waals surface area contributed by atoms with Gasteiger partial charge in [0.1, 0.15) is 6.26 Å². The van der Waals surface area contributed by atoms with Crippen molar-refractivity contribution in [2.45, 2.75) is 18.8 Å². The van der Waals surface area contributed by atoms with E-state index in [0.717, 1.165) is 17.6 Å². The summed E-state index contributed by atoms with van der Waals surface area (Å²) in [6.45, 7) is 0.891. The van der Waals surface area contributed by atoms with E-state index in [1.807, 2.05) is 19.0 Å². The first kappa shape index (κ1) is 17.8. The summed E-state index contributed by atoms with van der Waals surface area (Å²) in [5, 5.41) is 0. The lowest BCUT2D eigenvalue weighted by atomic mass is 9.77. The molecule has 3 heterocycles. The molecule has 9 heteroatoms. The van der Waals surface area contributed by atoms with Gasteiger partial charge in [0.15, 0.2) is 12.1 Å². The summed E-state index contributed by atoms with van der Waals surface area (Å²) in [5.74, 6) is -4.02. The largest absolute Gasteiger partial charge is 0.451 e. The third-order valence-electron chi connectivity index (χ3n) is 4.87. The van der Waals surface area contributed by atoms with Gasteiger partial charge in [-0.2, -0.15) is 0 Å². The molecule has 1 aromatic rings. The van der Waals surface area contributed by atoms with Crippen LogP contribution in [-0.4, -0.2) is 84.2 Å². The molecule has 0 bridgehead atoms. The van der Waals surface area contributed by atoms with E-state index in [-0.39, 0.29) is 18.1 Å². The Morgan fingerprint density at radius 1 is 1.40 bits per heavy atom. The van der Waals surface area contributed by atoms with Crippen LogP contribution >= 0.6 is 0 Å². The van der Waals surface area contributed by atoms with Crippen LogP contribution in [0.25, 0.3) is 0 Å². The minimum atomic E-state index is -3.11. The number of nitrogens with zero attached hydrogens (tertiary/aromatic N) is 4. The van der Waals surface area contributed by atoms with Gasteiger partial charge in [0.25, 0.3) is 11.8 Å². The molecule has 3 rings (SSSR count). The number of amides is 2. The first-order valence-corrected chi connectivity index (χ1v) is 8.22. The number of likely N-dealkylation sites (tertiary alicyclic amines) is 2. The molecule has 2 saturated heterocycles. The molecule has 0 saturated carbocycles. The molecule has 2 amide bonds. The van der Waals surface area contributed by atoms with Crippen LogP contribution < -0.4 is 0 Å². The van der Waals surface area contributed by atoms with Crippen molar-refractivity contribution >= 4 is 11.8 Å². The molecule has 0 N–H and O–H groups in total. The number of carbonyl (C=O) groups is 2. The SMILES string of the molecule is CN(C)CCN1CCC2(CN(C(=O)c3cocn3)CC(F)(F)C2)C1=O. The van der Waals surface area contributed by atoms with Gasteiger partial charge in [0.2, 0.25) is 5.91 Å². The molecule has 7 nitrogen and oxygen atoms in total. The molecule has 0 aliphatic carbocycles. The molecule has 25 heavy (non-hydrogen) atoms. The lowest BCUT2D eigenvalue weighted by molar-refractivity contribution is -0.151. The Labute approximate surface area is 144 Å². The number of rotatable bonds is 4. The van der Waals surface area contributed by atoms with Crippen molar-refractivity contribution in [2.75, 3.05) is 46.8 Å². The van der Waals surface area contributed by atoms with Crippen molar-refractivity contribution in [2.24, 2.45) is 5.41 Å². The molecule has 1 aromatic heterocycles.